The third-order valence-corrected chi connectivity index (χ3v) is 4.92. The highest BCUT2D eigenvalue weighted by molar-refractivity contribution is 7.99. The smallest absolute Gasteiger partial charge is 0.266 e. The van der Waals surface area contributed by atoms with E-state index in [-0.39, 0.29) is 23.3 Å². The second kappa shape index (κ2) is 8.80. The Balaban J connectivity index is 2.17. The Labute approximate surface area is 172 Å². The van der Waals surface area contributed by atoms with Crippen molar-refractivity contribution in [3.8, 4) is 17.5 Å². The van der Waals surface area contributed by atoms with E-state index in [4.69, 9.17) is 10.00 Å². The topological polar surface area (TPSA) is 97.0 Å². The molecule has 8 heteroatoms. The summed E-state index contributed by atoms with van der Waals surface area (Å²) >= 11 is 1.16. The minimum absolute atomic E-state index is 0.00373. The number of fused-ring (bicyclic) bond motifs is 1. The Morgan fingerprint density at radius 2 is 2.00 bits per heavy atom. The van der Waals surface area contributed by atoms with Crippen LogP contribution in [0.25, 0.3) is 16.6 Å². The number of hydrogen-bond donors (Lipinski definition) is 1. The summed E-state index contributed by atoms with van der Waals surface area (Å²) in [5, 5.41) is 12.6. The fraction of sp³-hybridized carbons (Fsp3) is 0.238. The van der Waals surface area contributed by atoms with E-state index in [1.54, 1.807) is 49.6 Å². The van der Waals surface area contributed by atoms with Gasteiger partial charge in [-0.05, 0) is 56.3 Å². The van der Waals surface area contributed by atoms with Gasteiger partial charge in [0, 0.05) is 11.6 Å². The summed E-state index contributed by atoms with van der Waals surface area (Å²) < 4.78 is 6.64. The van der Waals surface area contributed by atoms with Crippen LogP contribution in [0.3, 0.4) is 0 Å². The number of amides is 1. The highest BCUT2D eigenvalue weighted by Gasteiger charge is 2.16. The van der Waals surface area contributed by atoms with Crippen LogP contribution < -0.4 is 15.6 Å². The van der Waals surface area contributed by atoms with E-state index >= 15 is 0 Å². The van der Waals surface area contributed by atoms with Crippen molar-refractivity contribution in [2.45, 2.75) is 25.0 Å². The SMILES string of the molecule is COc1ccc(-n2c(SCC#N)nc3cc(C(=O)NC(C)C)ccc3c2=O)cc1. The Kier molecular flexibility index (Phi) is 6.20. The van der Waals surface area contributed by atoms with Crippen LogP contribution in [-0.4, -0.2) is 34.4 Å². The van der Waals surface area contributed by atoms with Crippen molar-refractivity contribution in [2.24, 2.45) is 0 Å². The number of nitrogens with zero attached hydrogens (tertiary/aromatic N) is 3. The van der Waals surface area contributed by atoms with Gasteiger partial charge in [0.1, 0.15) is 5.75 Å². The first-order chi connectivity index (χ1) is 13.9. The van der Waals surface area contributed by atoms with E-state index in [2.05, 4.69) is 16.4 Å². The van der Waals surface area contributed by atoms with E-state index < -0.39 is 0 Å². The Morgan fingerprint density at radius 3 is 2.62 bits per heavy atom. The van der Waals surface area contributed by atoms with Crippen LogP contribution in [0.1, 0.15) is 24.2 Å². The van der Waals surface area contributed by atoms with Crippen molar-refractivity contribution in [3.63, 3.8) is 0 Å². The number of benzene rings is 2. The number of nitrogens with one attached hydrogen (secondary N) is 1. The molecule has 2 aromatic carbocycles. The lowest BCUT2D eigenvalue weighted by molar-refractivity contribution is 0.0943. The third-order valence-electron chi connectivity index (χ3n) is 4.12. The normalized spacial score (nSPS) is 10.7. The standard InChI is InChI=1S/C21H20N4O3S/c1-13(2)23-19(26)14-4-9-17-18(12-14)24-21(29-11-10-22)25(20(17)27)15-5-7-16(28-3)8-6-15/h4-9,12-13H,11H2,1-3H3,(H,23,26). The van der Waals surface area contributed by atoms with Gasteiger partial charge in [0.25, 0.3) is 11.5 Å². The molecule has 3 rings (SSSR count). The van der Waals surface area contributed by atoms with E-state index in [9.17, 15) is 9.59 Å². The first-order valence-electron chi connectivity index (χ1n) is 8.96. The molecule has 0 aliphatic rings. The molecule has 0 saturated heterocycles. The van der Waals surface area contributed by atoms with Gasteiger partial charge in [0.05, 0.1) is 35.5 Å². The number of ether oxygens (including phenoxy) is 1. The number of rotatable bonds is 6. The van der Waals surface area contributed by atoms with Gasteiger partial charge in [-0.2, -0.15) is 5.26 Å². The Morgan fingerprint density at radius 1 is 1.28 bits per heavy atom. The lowest BCUT2D eigenvalue weighted by atomic mass is 10.1. The number of hydrogen-bond acceptors (Lipinski definition) is 6. The molecule has 1 aromatic heterocycles. The molecule has 0 spiro atoms. The number of aromatic nitrogens is 2. The van der Waals surface area contributed by atoms with Gasteiger partial charge in [-0.3, -0.25) is 14.2 Å². The maximum Gasteiger partial charge on any atom is 0.266 e. The molecule has 0 aliphatic carbocycles. The van der Waals surface area contributed by atoms with Gasteiger partial charge in [0.2, 0.25) is 0 Å². The summed E-state index contributed by atoms with van der Waals surface area (Å²) in [5.74, 6) is 0.582. The molecule has 1 amide bonds. The maximum atomic E-state index is 13.2. The fourth-order valence-electron chi connectivity index (χ4n) is 2.80. The number of carbonyl (C=O) groups is 1. The Hall–Kier alpha value is -3.31. The number of carbonyl (C=O) groups excluding carboxylic acids is 1. The third kappa shape index (κ3) is 4.41. The monoisotopic (exact) mass is 408 g/mol. The van der Waals surface area contributed by atoms with Crippen molar-refractivity contribution in [3.05, 3.63) is 58.4 Å². The highest BCUT2D eigenvalue weighted by Crippen LogP contribution is 2.23. The quantitative estimate of drug-likeness (QED) is 0.497. The highest BCUT2D eigenvalue weighted by atomic mass is 32.2. The van der Waals surface area contributed by atoms with Crippen molar-refractivity contribution >= 4 is 28.6 Å². The second-order valence-corrected chi connectivity index (χ2v) is 7.48. The van der Waals surface area contributed by atoms with Crippen LogP contribution in [0.2, 0.25) is 0 Å². The minimum atomic E-state index is -0.267. The molecule has 0 fully saturated rings. The van der Waals surface area contributed by atoms with Crippen molar-refractivity contribution < 1.29 is 9.53 Å². The molecular formula is C21H20N4O3S. The van der Waals surface area contributed by atoms with E-state index in [0.29, 0.717) is 33.1 Å². The zero-order chi connectivity index (χ0) is 21.0. The summed E-state index contributed by atoms with van der Waals surface area (Å²) in [6.45, 7) is 3.75. The van der Waals surface area contributed by atoms with Crippen molar-refractivity contribution in [2.75, 3.05) is 12.9 Å². The zero-order valence-electron chi connectivity index (χ0n) is 16.3. The molecule has 0 aliphatic heterocycles. The minimum Gasteiger partial charge on any atom is -0.497 e. The molecule has 1 N–H and O–H groups in total. The van der Waals surface area contributed by atoms with Gasteiger partial charge in [-0.15, -0.1) is 0 Å². The zero-order valence-corrected chi connectivity index (χ0v) is 17.1. The van der Waals surface area contributed by atoms with Crippen LogP contribution in [-0.2, 0) is 0 Å². The van der Waals surface area contributed by atoms with Crippen LogP contribution in [0.5, 0.6) is 5.75 Å². The molecule has 0 unspecified atom stereocenters. The van der Waals surface area contributed by atoms with Crippen LogP contribution in [0.15, 0.2) is 52.4 Å². The predicted molar refractivity (Wildman–Crippen MR) is 113 cm³/mol. The molecule has 0 bridgehead atoms. The average Bonchev–Trinajstić information content (AvgIpc) is 2.71. The molecule has 0 saturated carbocycles. The van der Waals surface area contributed by atoms with Gasteiger partial charge in [-0.1, -0.05) is 11.8 Å². The maximum absolute atomic E-state index is 13.2. The summed E-state index contributed by atoms with van der Waals surface area (Å²) in [6.07, 6.45) is 0. The van der Waals surface area contributed by atoms with Crippen LogP contribution >= 0.6 is 11.8 Å². The van der Waals surface area contributed by atoms with Gasteiger partial charge >= 0.3 is 0 Å². The van der Waals surface area contributed by atoms with Gasteiger partial charge < -0.3 is 10.1 Å². The fourth-order valence-corrected chi connectivity index (χ4v) is 3.48. The van der Waals surface area contributed by atoms with Crippen molar-refractivity contribution in [1.29, 1.82) is 5.26 Å². The average molecular weight is 408 g/mol. The molecule has 1 heterocycles. The summed E-state index contributed by atoms with van der Waals surface area (Å²) in [7, 11) is 1.57. The predicted octanol–water partition coefficient (Wildman–Crippen LogP) is 3.15. The van der Waals surface area contributed by atoms with E-state index in [1.165, 1.54) is 4.57 Å². The number of methoxy groups -OCH3 is 1. The summed E-state index contributed by atoms with van der Waals surface area (Å²) in [6, 6.07) is 13.9. The molecular weight excluding hydrogens is 388 g/mol. The lowest BCUT2D eigenvalue weighted by Gasteiger charge is -2.14. The number of nitriles is 1. The molecule has 148 valence electrons. The number of thioether (sulfide) groups is 1. The van der Waals surface area contributed by atoms with Crippen molar-refractivity contribution in [1.82, 2.24) is 14.9 Å². The van der Waals surface area contributed by atoms with Gasteiger partial charge in [-0.25, -0.2) is 4.98 Å². The molecule has 7 nitrogen and oxygen atoms in total. The summed E-state index contributed by atoms with van der Waals surface area (Å²) in [5.41, 5.74) is 1.19. The molecule has 3 aromatic rings. The van der Waals surface area contributed by atoms with E-state index in [0.717, 1.165) is 11.8 Å². The lowest BCUT2D eigenvalue weighted by Crippen LogP contribution is -2.30. The summed E-state index contributed by atoms with van der Waals surface area (Å²) in [4.78, 5) is 30.1. The first-order valence-corrected chi connectivity index (χ1v) is 9.95. The Bertz CT molecular complexity index is 1150. The first kappa shape index (κ1) is 20.4. The van der Waals surface area contributed by atoms with Crippen LogP contribution in [0.4, 0.5) is 0 Å². The largest absolute Gasteiger partial charge is 0.497 e. The second-order valence-electron chi connectivity index (χ2n) is 6.54. The van der Waals surface area contributed by atoms with Gasteiger partial charge in [0.15, 0.2) is 5.16 Å². The molecule has 0 radical (unpaired) electrons. The molecule has 0 atom stereocenters. The molecule has 29 heavy (non-hydrogen) atoms. The van der Waals surface area contributed by atoms with E-state index in [1.807, 2.05) is 13.8 Å². The van der Waals surface area contributed by atoms with Crippen LogP contribution in [0, 0.1) is 11.3 Å².